The summed E-state index contributed by atoms with van der Waals surface area (Å²) in [5.74, 6) is 1.51. The smallest absolute Gasteiger partial charge is 0.135 e. The van der Waals surface area contributed by atoms with Gasteiger partial charge in [0.05, 0.1) is 12.3 Å². The Morgan fingerprint density at radius 2 is 2.05 bits per heavy atom. The molecule has 2 rings (SSSR count). The zero-order valence-corrected chi connectivity index (χ0v) is 11.7. The molecule has 19 heavy (non-hydrogen) atoms. The molecule has 0 atom stereocenters. The Labute approximate surface area is 117 Å². The highest BCUT2D eigenvalue weighted by Gasteiger charge is 2.07. The standard InChI is InChI=1S/C14H16ClN3O/c1-16-13-8-11(9-19-2)17-14(18-13)7-10-5-3-4-6-12(10)15/h3-6,8H,7,9H2,1-2H3,(H,16,17,18). The second-order valence-electron chi connectivity index (χ2n) is 4.11. The summed E-state index contributed by atoms with van der Waals surface area (Å²) >= 11 is 6.15. The highest BCUT2D eigenvalue weighted by Crippen LogP contribution is 2.18. The van der Waals surface area contributed by atoms with Crippen molar-refractivity contribution in [1.29, 1.82) is 0 Å². The number of nitrogens with zero attached hydrogens (tertiary/aromatic N) is 2. The minimum Gasteiger partial charge on any atom is -0.378 e. The van der Waals surface area contributed by atoms with Gasteiger partial charge in [-0.25, -0.2) is 9.97 Å². The zero-order valence-electron chi connectivity index (χ0n) is 11.0. The molecule has 5 heteroatoms. The first-order valence-corrected chi connectivity index (χ1v) is 6.37. The lowest BCUT2D eigenvalue weighted by Crippen LogP contribution is -2.05. The molecule has 0 amide bonds. The van der Waals surface area contributed by atoms with E-state index in [4.69, 9.17) is 16.3 Å². The molecule has 0 radical (unpaired) electrons. The van der Waals surface area contributed by atoms with Crippen molar-refractivity contribution in [2.24, 2.45) is 0 Å². The number of aromatic nitrogens is 2. The summed E-state index contributed by atoms with van der Waals surface area (Å²) in [6, 6.07) is 9.59. The minimum atomic E-state index is 0.465. The molecule has 0 saturated carbocycles. The molecule has 0 aliphatic rings. The Hall–Kier alpha value is -1.65. The van der Waals surface area contributed by atoms with E-state index in [2.05, 4.69) is 15.3 Å². The third-order valence-electron chi connectivity index (χ3n) is 2.68. The van der Waals surface area contributed by atoms with E-state index in [-0.39, 0.29) is 0 Å². The number of methoxy groups -OCH3 is 1. The predicted molar refractivity (Wildman–Crippen MR) is 76.5 cm³/mol. The summed E-state index contributed by atoms with van der Waals surface area (Å²) in [6.45, 7) is 0.465. The van der Waals surface area contributed by atoms with Gasteiger partial charge in [-0.2, -0.15) is 0 Å². The van der Waals surface area contributed by atoms with Crippen molar-refractivity contribution in [2.75, 3.05) is 19.5 Å². The van der Waals surface area contributed by atoms with Gasteiger partial charge in [0.1, 0.15) is 11.6 Å². The highest BCUT2D eigenvalue weighted by atomic mass is 35.5. The van der Waals surface area contributed by atoms with Crippen LogP contribution in [0.2, 0.25) is 5.02 Å². The maximum atomic E-state index is 6.15. The van der Waals surface area contributed by atoms with Crippen molar-refractivity contribution < 1.29 is 4.74 Å². The number of rotatable bonds is 5. The van der Waals surface area contributed by atoms with Gasteiger partial charge in [-0.3, -0.25) is 0 Å². The molecule has 0 aliphatic heterocycles. The number of anilines is 1. The Morgan fingerprint density at radius 1 is 1.26 bits per heavy atom. The first kappa shape index (κ1) is 13.8. The van der Waals surface area contributed by atoms with E-state index < -0.39 is 0 Å². The first-order chi connectivity index (χ1) is 9.22. The maximum Gasteiger partial charge on any atom is 0.135 e. The van der Waals surface area contributed by atoms with Gasteiger partial charge in [0, 0.05) is 31.7 Å². The fourth-order valence-electron chi connectivity index (χ4n) is 1.79. The molecule has 0 spiro atoms. The van der Waals surface area contributed by atoms with Crippen LogP contribution in [0.4, 0.5) is 5.82 Å². The predicted octanol–water partition coefficient (Wildman–Crippen LogP) is 2.91. The van der Waals surface area contributed by atoms with E-state index in [1.165, 1.54) is 0 Å². The molecule has 0 saturated heterocycles. The molecule has 100 valence electrons. The van der Waals surface area contributed by atoms with Crippen LogP contribution < -0.4 is 5.32 Å². The van der Waals surface area contributed by atoms with Crippen LogP contribution in [-0.2, 0) is 17.8 Å². The van der Waals surface area contributed by atoms with E-state index in [1.807, 2.05) is 37.4 Å². The molecule has 1 aromatic heterocycles. The third kappa shape index (κ3) is 3.66. The molecule has 0 aliphatic carbocycles. The molecule has 0 fully saturated rings. The van der Waals surface area contributed by atoms with E-state index in [0.29, 0.717) is 13.0 Å². The first-order valence-electron chi connectivity index (χ1n) is 6.00. The minimum absolute atomic E-state index is 0.465. The number of benzene rings is 1. The van der Waals surface area contributed by atoms with E-state index >= 15 is 0 Å². The lowest BCUT2D eigenvalue weighted by molar-refractivity contribution is 0.181. The Balaban J connectivity index is 2.29. The lowest BCUT2D eigenvalue weighted by atomic mass is 10.1. The summed E-state index contributed by atoms with van der Waals surface area (Å²) in [4.78, 5) is 8.91. The lowest BCUT2D eigenvalue weighted by Gasteiger charge is -2.08. The summed E-state index contributed by atoms with van der Waals surface area (Å²) in [6.07, 6.45) is 0.603. The van der Waals surface area contributed by atoms with Crippen molar-refractivity contribution in [2.45, 2.75) is 13.0 Å². The SMILES string of the molecule is CNc1cc(COC)nc(Cc2ccccc2Cl)n1. The van der Waals surface area contributed by atoms with Crippen molar-refractivity contribution in [1.82, 2.24) is 9.97 Å². The van der Waals surface area contributed by atoms with Crippen LogP contribution in [0.25, 0.3) is 0 Å². The number of hydrogen-bond acceptors (Lipinski definition) is 4. The van der Waals surface area contributed by atoms with E-state index in [9.17, 15) is 0 Å². The summed E-state index contributed by atoms with van der Waals surface area (Å²) in [7, 11) is 3.48. The largest absolute Gasteiger partial charge is 0.378 e. The second kappa shape index (κ2) is 6.50. The monoisotopic (exact) mass is 277 g/mol. The van der Waals surface area contributed by atoms with Crippen molar-refractivity contribution in [3.63, 3.8) is 0 Å². The Bertz CT molecular complexity index is 560. The van der Waals surface area contributed by atoms with Gasteiger partial charge in [-0.15, -0.1) is 0 Å². The molecule has 4 nitrogen and oxygen atoms in total. The average molecular weight is 278 g/mol. The number of hydrogen-bond donors (Lipinski definition) is 1. The van der Waals surface area contributed by atoms with Gasteiger partial charge < -0.3 is 10.1 Å². The van der Waals surface area contributed by atoms with Crippen LogP contribution in [0.15, 0.2) is 30.3 Å². The maximum absolute atomic E-state index is 6.15. The fourth-order valence-corrected chi connectivity index (χ4v) is 2.00. The molecular weight excluding hydrogens is 262 g/mol. The number of nitrogens with one attached hydrogen (secondary N) is 1. The molecule has 1 N–H and O–H groups in total. The number of halogens is 1. The van der Waals surface area contributed by atoms with Crippen LogP contribution in [-0.4, -0.2) is 24.1 Å². The van der Waals surface area contributed by atoms with E-state index in [1.54, 1.807) is 7.11 Å². The van der Waals surface area contributed by atoms with Gasteiger partial charge in [0.25, 0.3) is 0 Å². The highest BCUT2D eigenvalue weighted by molar-refractivity contribution is 6.31. The Morgan fingerprint density at radius 3 is 2.74 bits per heavy atom. The normalized spacial score (nSPS) is 10.5. The summed E-state index contributed by atoms with van der Waals surface area (Å²) in [5.41, 5.74) is 1.87. The van der Waals surface area contributed by atoms with Crippen molar-refractivity contribution in [3.05, 3.63) is 52.4 Å². The van der Waals surface area contributed by atoms with Gasteiger partial charge in [-0.05, 0) is 11.6 Å². The number of ether oxygens (including phenoxy) is 1. The molecule has 0 bridgehead atoms. The summed E-state index contributed by atoms with van der Waals surface area (Å²) < 4.78 is 5.11. The molecule has 0 unspecified atom stereocenters. The second-order valence-corrected chi connectivity index (χ2v) is 4.52. The molecular formula is C14H16ClN3O. The quantitative estimate of drug-likeness (QED) is 0.913. The van der Waals surface area contributed by atoms with Gasteiger partial charge in [0.2, 0.25) is 0 Å². The van der Waals surface area contributed by atoms with Gasteiger partial charge in [0.15, 0.2) is 0 Å². The van der Waals surface area contributed by atoms with Gasteiger partial charge >= 0.3 is 0 Å². The van der Waals surface area contributed by atoms with Crippen LogP contribution in [0.1, 0.15) is 17.1 Å². The Kier molecular flexibility index (Phi) is 4.71. The summed E-state index contributed by atoms with van der Waals surface area (Å²) in [5, 5.41) is 3.76. The third-order valence-corrected chi connectivity index (χ3v) is 3.05. The van der Waals surface area contributed by atoms with Crippen molar-refractivity contribution in [3.8, 4) is 0 Å². The average Bonchev–Trinajstić information content (AvgIpc) is 2.41. The topological polar surface area (TPSA) is 47.0 Å². The van der Waals surface area contributed by atoms with Crippen molar-refractivity contribution >= 4 is 17.4 Å². The van der Waals surface area contributed by atoms with Gasteiger partial charge in [-0.1, -0.05) is 29.8 Å². The molecule has 2 aromatic rings. The fraction of sp³-hybridized carbons (Fsp3) is 0.286. The van der Waals surface area contributed by atoms with E-state index in [0.717, 1.165) is 27.9 Å². The van der Waals surface area contributed by atoms with Crippen LogP contribution in [0.3, 0.4) is 0 Å². The molecule has 1 aromatic carbocycles. The van der Waals surface area contributed by atoms with Crippen LogP contribution >= 0.6 is 11.6 Å². The van der Waals surface area contributed by atoms with Crippen LogP contribution in [0.5, 0.6) is 0 Å². The molecule has 1 heterocycles. The van der Waals surface area contributed by atoms with Crippen LogP contribution in [0, 0.1) is 0 Å². The zero-order chi connectivity index (χ0) is 13.7.